The molecule has 0 aliphatic carbocycles. The predicted molar refractivity (Wildman–Crippen MR) is 111 cm³/mol. The van der Waals surface area contributed by atoms with E-state index >= 15 is 0 Å². The minimum Gasteiger partial charge on any atom is -0.459 e. The Morgan fingerprint density at radius 2 is 1.09 bits per heavy atom. The zero-order valence-corrected chi connectivity index (χ0v) is 19.6. The zero-order valence-electron chi connectivity index (χ0n) is 19.6. The lowest BCUT2D eigenvalue weighted by molar-refractivity contribution is -0.344. The van der Waals surface area contributed by atoms with Crippen LogP contribution in [0.25, 0.3) is 0 Å². The highest BCUT2D eigenvalue weighted by Crippen LogP contribution is 2.48. The maximum atomic E-state index is 13.3. The summed E-state index contributed by atoms with van der Waals surface area (Å²) in [7, 11) is 0. The average Bonchev–Trinajstić information content (AvgIpc) is 2.71. The number of ether oxygens (including phenoxy) is 1. The highest BCUT2D eigenvalue weighted by atomic mass is 19.4. The molecule has 0 saturated carbocycles. The van der Waals surface area contributed by atoms with Gasteiger partial charge in [0.05, 0.1) is 0 Å². The minimum atomic E-state index is -6.36. The van der Waals surface area contributed by atoms with E-state index in [1.165, 1.54) is 44.9 Å². The zero-order chi connectivity index (χ0) is 25.5. The van der Waals surface area contributed by atoms with Crippen LogP contribution in [-0.4, -0.2) is 36.8 Å². The van der Waals surface area contributed by atoms with Gasteiger partial charge in [-0.05, 0) is 12.3 Å². The lowest BCUT2D eigenvalue weighted by atomic mass is 10.0. The Morgan fingerprint density at radius 1 is 0.697 bits per heavy atom. The second-order valence-electron chi connectivity index (χ2n) is 9.04. The van der Waals surface area contributed by atoms with Crippen LogP contribution in [0, 0.1) is 5.92 Å². The van der Waals surface area contributed by atoms with Gasteiger partial charge in [0.25, 0.3) is 0 Å². The molecular weight excluding hydrogens is 460 g/mol. The van der Waals surface area contributed by atoms with Gasteiger partial charge in [-0.15, -0.1) is 0 Å². The number of hydrogen-bond donors (Lipinski definition) is 0. The van der Waals surface area contributed by atoms with Gasteiger partial charge < -0.3 is 4.74 Å². The number of carbonyl (C=O) groups excluding carboxylic acids is 1. The summed E-state index contributed by atoms with van der Waals surface area (Å²) in [5, 5.41) is 0. The highest BCUT2D eigenvalue weighted by Gasteiger charge is 2.75. The SMILES string of the molecule is CC(C)CCCCCCCCCCCCCCC(=O)OCC(F)(F)C(F)(F)C(F)(F)C(F)F. The molecule has 0 heterocycles. The summed E-state index contributed by atoms with van der Waals surface area (Å²) in [5.74, 6) is -18.7. The van der Waals surface area contributed by atoms with Gasteiger partial charge in [-0.25, -0.2) is 8.78 Å². The first-order valence-corrected chi connectivity index (χ1v) is 11.8. The number of rotatable bonds is 20. The van der Waals surface area contributed by atoms with Gasteiger partial charge in [0, 0.05) is 6.42 Å². The molecule has 198 valence electrons. The number of esters is 1. The topological polar surface area (TPSA) is 26.3 Å². The summed E-state index contributed by atoms with van der Waals surface area (Å²) >= 11 is 0. The number of unbranched alkanes of at least 4 members (excludes halogenated alkanes) is 11. The quantitative estimate of drug-likeness (QED) is 0.0952. The van der Waals surface area contributed by atoms with E-state index in [-0.39, 0.29) is 12.8 Å². The molecule has 0 aliphatic rings. The van der Waals surface area contributed by atoms with Crippen molar-refractivity contribution in [2.75, 3.05) is 6.61 Å². The molecule has 0 amide bonds. The van der Waals surface area contributed by atoms with Gasteiger partial charge >= 0.3 is 30.2 Å². The lowest BCUT2D eigenvalue weighted by Gasteiger charge is -2.31. The fourth-order valence-corrected chi connectivity index (χ4v) is 3.30. The molecule has 0 radical (unpaired) electrons. The minimum absolute atomic E-state index is 0.268. The van der Waals surface area contributed by atoms with Crippen molar-refractivity contribution in [3.05, 3.63) is 0 Å². The van der Waals surface area contributed by atoms with Crippen molar-refractivity contribution in [3.63, 3.8) is 0 Å². The summed E-state index contributed by atoms with van der Waals surface area (Å²) < 4.78 is 106. The molecule has 0 aromatic carbocycles. The van der Waals surface area contributed by atoms with Crippen molar-refractivity contribution < 1.29 is 44.7 Å². The van der Waals surface area contributed by atoms with E-state index in [9.17, 15) is 39.9 Å². The third kappa shape index (κ3) is 12.3. The van der Waals surface area contributed by atoms with Crippen molar-refractivity contribution in [3.8, 4) is 0 Å². The van der Waals surface area contributed by atoms with Crippen LogP contribution in [0.15, 0.2) is 0 Å². The first-order chi connectivity index (χ1) is 15.3. The molecule has 0 aliphatic heterocycles. The van der Waals surface area contributed by atoms with Crippen LogP contribution in [0.5, 0.6) is 0 Å². The van der Waals surface area contributed by atoms with Crippen molar-refractivity contribution >= 4 is 5.97 Å². The smallest absolute Gasteiger partial charge is 0.381 e. The molecule has 0 bridgehead atoms. The molecule has 0 fully saturated rings. The maximum Gasteiger partial charge on any atom is 0.381 e. The van der Waals surface area contributed by atoms with Crippen LogP contribution in [0.1, 0.15) is 104 Å². The number of hydrogen-bond acceptors (Lipinski definition) is 2. The Morgan fingerprint density at radius 3 is 1.48 bits per heavy atom. The van der Waals surface area contributed by atoms with Gasteiger partial charge in [0.1, 0.15) is 0 Å². The molecule has 33 heavy (non-hydrogen) atoms. The number of halogens is 8. The summed E-state index contributed by atoms with van der Waals surface area (Å²) in [6, 6.07) is 0. The van der Waals surface area contributed by atoms with E-state index in [0.717, 1.165) is 31.6 Å². The summed E-state index contributed by atoms with van der Waals surface area (Å²) in [5.41, 5.74) is 0. The van der Waals surface area contributed by atoms with Gasteiger partial charge in [-0.2, -0.15) is 26.3 Å². The third-order valence-electron chi connectivity index (χ3n) is 5.48. The maximum absolute atomic E-state index is 13.3. The molecule has 0 spiro atoms. The van der Waals surface area contributed by atoms with Crippen LogP contribution < -0.4 is 0 Å². The van der Waals surface area contributed by atoms with E-state index < -0.39 is 36.8 Å². The van der Waals surface area contributed by atoms with Crippen molar-refractivity contribution in [1.29, 1.82) is 0 Å². The molecule has 0 saturated heterocycles. The molecular formula is C23H38F8O2. The van der Waals surface area contributed by atoms with Crippen LogP contribution in [0.3, 0.4) is 0 Å². The molecule has 0 N–H and O–H groups in total. The molecule has 0 unspecified atom stereocenters. The second kappa shape index (κ2) is 15.7. The Hall–Kier alpha value is -1.09. The van der Waals surface area contributed by atoms with Crippen LogP contribution in [0.2, 0.25) is 0 Å². The Balaban J connectivity index is 3.79. The fraction of sp³-hybridized carbons (Fsp3) is 0.957. The molecule has 2 nitrogen and oxygen atoms in total. The van der Waals surface area contributed by atoms with Crippen LogP contribution in [-0.2, 0) is 9.53 Å². The van der Waals surface area contributed by atoms with Gasteiger partial charge in [0.15, 0.2) is 6.61 Å². The fourth-order valence-electron chi connectivity index (χ4n) is 3.30. The van der Waals surface area contributed by atoms with Crippen molar-refractivity contribution in [2.24, 2.45) is 5.92 Å². The van der Waals surface area contributed by atoms with Gasteiger partial charge in [-0.1, -0.05) is 90.9 Å². The van der Waals surface area contributed by atoms with E-state index in [4.69, 9.17) is 0 Å². The second-order valence-corrected chi connectivity index (χ2v) is 9.04. The molecule has 10 heteroatoms. The average molecular weight is 499 g/mol. The first-order valence-electron chi connectivity index (χ1n) is 11.8. The summed E-state index contributed by atoms with van der Waals surface area (Å²) in [4.78, 5) is 11.4. The van der Waals surface area contributed by atoms with E-state index in [2.05, 4.69) is 18.6 Å². The Bertz CT molecular complexity index is 525. The van der Waals surface area contributed by atoms with Crippen molar-refractivity contribution in [1.82, 2.24) is 0 Å². The number of carbonyl (C=O) groups is 1. The van der Waals surface area contributed by atoms with E-state index in [1.807, 2.05) is 0 Å². The van der Waals surface area contributed by atoms with Gasteiger partial charge in [-0.3, -0.25) is 4.79 Å². The van der Waals surface area contributed by atoms with E-state index in [1.54, 1.807) is 0 Å². The molecule has 0 rings (SSSR count). The largest absolute Gasteiger partial charge is 0.459 e. The van der Waals surface area contributed by atoms with Crippen molar-refractivity contribution in [2.45, 2.75) is 128 Å². The first kappa shape index (κ1) is 31.9. The predicted octanol–water partition coefficient (Wildman–Crippen LogP) is 8.82. The monoisotopic (exact) mass is 498 g/mol. The summed E-state index contributed by atoms with van der Waals surface area (Å²) in [6.07, 6.45) is 8.15. The van der Waals surface area contributed by atoms with Crippen LogP contribution in [0.4, 0.5) is 35.1 Å². The Labute approximate surface area is 191 Å². The number of alkyl halides is 8. The van der Waals surface area contributed by atoms with Gasteiger partial charge in [0.2, 0.25) is 0 Å². The molecule has 0 atom stereocenters. The molecule has 0 aromatic rings. The summed E-state index contributed by atoms with van der Waals surface area (Å²) in [6.45, 7) is 2.06. The van der Waals surface area contributed by atoms with E-state index in [0.29, 0.717) is 6.42 Å². The molecule has 0 aromatic heterocycles. The highest BCUT2D eigenvalue weighted by molar-refractivity contribution is 5.69. The standard InChI is InChI=1S/C23H38F8O2/c1-18(2)15-13-11-9-7-5-3-4-6-8-10-12-14-16-19(32)33-17-21(26,27)23(30,31)22(28,29)20(24)25/h18,20H,3-17H2,1-2H3. The van der Waals surface area contributed by atoms with Crippen LogP contribution >= 0.6 is 0 Å². The normalized spacial score (nSPS) is 13.2. The lowest BCUT2D eigenvalue weighted by Crippen LogP contribution is -2.59. The Kier molecular flexibility index (Phi) is 15.2. The third-order valence-corrected chi connectivity index (χ3v) is 5.48.